The molecule has 3 rings (SSSR count). The number of furan rings is 1. The number of Topliss-reactive ketones (excluding diaryl/α,β-unsaturated/α-hetero) is 1. The van der Waals surface area contributed by atoms with Crippen LogP contribution in [0.4, 0.5) is 0 Å². The molecule has 2 aromatic rings. The lowest BCUT2D eigenvalue weighted by atomic mass is 9.95. The summed E-state index contributed by atoms with van der Waals surface area (Å²) in [4.78, 5) is 26.9. The fraction of sp³-hybridized carbons (Fsp3) is 0.263. The zero-order chi connectivity index (χ0) is 18.0. The van der Waals surface area contributed by atoms with Crippen LogP contribution < -0.4 is 0 Å². The first kappa shape index (κ1) is 17.0. The third kappa shape index (κ3) is 3.08. The van der Waals surface area contributed by atoms with Gasteiger partial charge in [0.1, 0.15) is 5.76 Å². The Hall–Kier alpha value is -2.86. The summed E-state index contributed by atoms with van der Waals surface area (Å²) in [6.45, 7) is 2.28. The van der Waals surface area contributed by atoms with Gasteiger partial charge in [0.05, 0.1) is 18.2 Å². The van der Waals surface area contributed by atoms with E-state index in [4.69, 9.17) is 9.15 Å². The SMILES string of the molecule is COCCN1C(=O)C(O)=C(C(=O)c2ccc(C)o2)[C@@H]1c1ccccc1. The summed E-state index contributed by atoms with van der Waals surface area (Å²) in [5.74, 6) is -0.934. The molecule has 25 heavy (non-hydrogen) atoms. The molecule has 1 N–H and O–H groups in total. The van der Waals surface area contributed by atoms with Crippen molar-refractivity contribution in [2.45, 2.75) is 13.0 Å². The molecule has 1 amide bonds. The van der Waals surface area contributed by atoms with Crippen molar-refractivity contribution in [1.29, 1.82) is 0 Å². The molecule has 1 aliphatic heterocycles. The number of benzene rings is 1. The molecule has 1 aliphatic rings. The van der Waals surface area contributed by atoms with E-state index in [1.54, 1.807) is 19.1 Å². The van der Waals surface area contributed by atoms with Crippen molar-refractivity contribution in [2.24, 2.45) is 0 Å². The van der Waals surface area contributed by atoms with Gasteiger partial charge in [-0.1, -0.05) is 30.3 Å². The van der Waals surface area contributed by atoms with Gasteiger partial charge < -0.3 is 19.2 Å². The number of aliphatic hydroxyl groups excluding tert-OH is 1. The lowest BCUT2D eigenvalue weighted by molar-refractivity contribution is -0.130. The average molecular weight is 341 g/mol. The largest absolute Gasteiger partial charge is 0.503 e. The minimum Gasteiger partial charge on any atom is -0.503 e. The molecule has 0 radical (unpaired) electrons. The van der Waals surface area contributed by atoms with Crippen molar-refractivity contribution in [1.82, 2.24) is 4.90 Å². The first-order valence-electron chi connectivity index (χ1n) is 7.93. The summed E-state index contributed by atoms with van der Waals surface area (Å²) in [5.41, 5.74) is 0.768. The van der Waals surface area contributed by atoms with Crippen molar-refractivity contribution < 1.29 is 23.8 Å². The van der Waals surface area contributed by atoms with Crippen LogP contribution in [0.15, 0.2) is 58.2 Å². The lowest BCUT2D eigenvalue weighted by Gasteiger charge is -2.26. The molecule has 0 aliphatic carbocycles. The highest BCUT2D eigenvalue weighted by atomic mass is 16.5. The molecule has 0 saturated carbocycles. The van der Waals surface area contributed by atoms with E-state index in [0.717, 1.165) is 5.56 Å². The molecule has 6 nitrogen and oxygen atoms in total. The number of aryl methyl sites for hydroxylation is 1. The zero-order valence-electron chi connectivity index (χ0n) is 14.1. The van der Waals surface area contributed by atoms with E-state index in [1.165, 1.54) is 12.0 Å². The van der Waals surface area contributed by atoms with E-state index in [0.29, 0.717) is 12.4 Å². The summed E-state index contributed by atoms with van der Waals surface area (Å²) >= 11 is 0. The van der Waals surface area contributed by atoms with Crippen LogP contribution in [0.5, 0.6) is 0 Å². The molecule has 0 unspecified atom stereocenters. The minimum absolute atomic E-state index is 0.0293. The van der Waals surface area contributed by atoms with Gasteiger partial charge in [-0.25, -0.2) is 0 Å². The van der Waals surface area contributed by atoms with Crippen LogP contribution in [-0.2, 0) is 9.53 Å². The second kappa shape index (κ2) is 6.94. The van der Waals surface area contributed by atoms with Crippen LogP contribution in [-0.4, -0.2) is 42.0 Å². The highest BCUT2D eigenvalue weighted by Crippen LogP contribution is 2.38. The first-order valence-corrected chi connectivity index (χ1v) is 7.93. The Morgan fingerprint density at radius 1 is 1.24 bits per heavy atom. The normalized spacial score (nSPS) is 17.4. The molecule has 130 valence electrons. The Kier molecular flexibility index (Phi) is 4.72. The monoisotopic (exact) mass is 341 g/mol. The van der Waals surface area contributed by atoms with Gasteiger partial charge >= 0.3 is 0 Å². The van der Waals surface area contributed by atoms with E-state index in [2.05, 4.69) is 0 Å². The second-order valence-corrected chi connectivity index (χ2v) is 5.81. The van der Waals surface area contributed by atoms with Gasteiger partial charge in [-0.15, -0.1) is 0 Å². The highest BCUT2D eigenvalue weighted by Gasteiger charge is 2.44. The molecule has 2 heterocycles. The maximum Gasteiger partial charge on any atom is 0.290 e. The summed E-state index contributed by atoms with van der Waals surface area (Å²) in [7, 11) is 1.53. The molecule has 0 spiro atoms. The molecular formula is C19H19NO5. The number of carbonyl (C=O) groups is 2. The molecule has 0 saturated heterocycles. The van der Waals surface area contributed by atoms with Gasteiger partial charge in [0.2, 0.25) is 5.78 Å². The fourth-order valence-electron chi connectivity index (χ4n) is 2.98. The van der Waals surface area contributed by atoms with E-state index in [-0.39, 0.29) is 17.9 Å². The van der Waals surface area contributed by atoms with Crippen LogP contribution in [0, 0.1) is 6.92 Å². The average Bonchev–Trinajstić information content (AvgIpc) is 3.16. The number of hydrogen-bond acceptors (Lipinski definition) is 5. The van der Waals surface area contributed by atoms with Gasteiger partial charge in [0.25, 0.3) is 5.91 Å². The predicted molar refractivity (Wildman–Crippen MR) is 90.2 cm³/mol. The third-order valence-corrected chi connectivity index (χ3v) is 4.16. The molecular weight excluding hydrogens is 322 g/mol. The van der Waals surface area contributed by atoms with Crippen molar-refractivity contribution in [2.75, 3.05) is 20.3 Å². The van der Waals surface area contributed by atoms with Crippen molar-refractivity contribution in [3.8, 4) is 0 Å². The van der Waals surface area contributed by atoms with Crippen molar-refractivity contribution in [3.63, 3.8) is 0 Å². The van der Waals surface area contributed by atoms with Crippen LogP contribution in [0.25, 0.3) is 0 Å². The molecule has 1 aromatic carbocycles. The summed E-state index contributed by atoms with van der Waals surface area (Å²) in [6, 6.07) is 11.7. The fourth-order valence-corrected chi connectivity index (χ4v) is 2.98. The number of nitrogens with zero attached hydrogens (tertiary/aromatic N) is 1. The Morgan fingerprint density at radius 2 is 1.96 bits per heavy atom. The van der Waals surface area contributed by atoms with Gasteiger partial charge in [0, 0.05) is 13.7 Å². The lowest BCUT2D eigenvalue weighted by Crippen LogP contribution is -2.33. The topological polar surface area (TPSA) is 80.0 Å². The predicted octanol–water partition coefficient (Wildman–Crippen LogP) is 2.81. The van der Waals surface area contributed by atoms with Gasteiger partial charge in [-0.2, -0.15) is 0 Å². The summed E-state index contributed by atoms with van der Waals surface area (Å²) in [5, 5.41) is 10.4. The first-order chi connectivity index (χ1) is 12.0. The number of aliphatic hydroxyl groups is 1. The molecule has 0 bridgehead atoms. The standard InChI is InChI=1S/C19H19NO5/c1-12-8-9-14(25-12)17(21)15-16(13-6-4-3-5-7-13)20(10-11-24-2)19(23)18(15)22/h3-9,16,22H,10-11H2,1-2H3/t16-/m0/s1. The smallest absolute Gasteiger partial charge is 0.290 e. The number of ketones is 1. The minimum atomic E-state index is -0.679. The van der Waals surface area contributed by atoms with Crippen LogP contribution in [0.2, 0.25) is 0 Å². The number of methoxy groups -OCH3 is 1. The number of carbonyl (C=O) groups excluding carboxylic acids is 2. The van der Waals surface area contributed by atoms with E-state index >= 15 is 0 Å². The Balaban J connectivity index is 2.06. The Bertz CT molecular complexity index is 821. The molecule has 1 aromatic heterocycles. The summed E-state index contributed by atoms with van der Waals surface area (Å²) < 4.78 is 10.5. The Labute approximate surface area is 145 Å². The van der Waals surface area contributed by atoms with Gasteiger partial charge in [0.15, 0.2) is 11.5 Å². The van der Waals surface area contributed by atoms with E-state index < -0.39 is 23.5 Å². The van der Waals surface area contributed by atoms with Crippen LogP contribution in [0.1, 0.15) is 27.9 Å². The maximum absolute atomic E-state index is 12.9. The van der Waals surface area contributed by atoms with Crippen LogP contribution >= 0.6 is 0 Å². The second-order valence-electron chi connectivity index (χ2n) is 5.81. The number of ether oxygens (including phenoxy) is 1. The zero-order valence-corrected chi connectivity index (χ0v) is 14.1. The molecule has 0 fully saturated rings. The number of rotatable bonds is 6. The van der Waals surface area contributed by atoms with Gasteiger partial charge in [-0.05, 0) is 24.6 Å². The molecule has 1 atom stereocenters. The Morgan fingerprint density at radius 3 is 2.56 bits per heavy atom. The van der Waals surface area contributed by atoms with Gasteiger partial charge in [-0.3, -0.25) is 9.59 Å². The third-order valence-electron chi connectivity index (χ3n) is 4.16. The number of hydrogen-bond donors (Lipinski definition) is 1. The maximum atomic E-state index is 12.9. The van der Waals surface area contributed by atoms with E-state index in [9.17, 15) is 14.7 Å². The van der Waals surface area contributed by atoms with Crippen molar-refractivity contribution >= 4 is 11.7 Å². The highest BCUT2D eigenvalue weighted by molar-refractivity contribution is 6.15. The van der Waals surface area contributed by atoms with Crippen molar-refractivity contribution in [3.05, 3.63) is 70.9 Å². The van der Waals surface area contributed by atoms with E-state index in [1.807, 2.05) is 30.3 Å². The summed E-state index contributed by atoms with van der Waals surface area (Å²) in [6.07, 6.45) is 0. The quantitative estimate of drug-likeness (QED) is 0.817. The van der Waals surface area contributed by atoms with Crippen LogP contribution in [0.3, 0.4) is 0 Å². The number of amides is 1. The molecule has 6 heteroatoms.